The van der Waals surface area contributed by atoms with Crippen LogP contribution in [0.5, 0.6) is 0 Å². The summed E-state index contributed by atoms with van der Waals surface area (Å²) in [5, 5.41) is 0. The van der Waals surface area contributed by atoms with Crippen molar-refractivity contribution in [2.24, 2.45) is 4.99 Å². The number of morpholine rings is 1. The van der Waals surface area contributed by atoms with Crippen LogP contribution in [0, 0.1) is 0 Å². The lowest BCUT2D eigenvalue weighted by Crippen LogP contribution is -2.57. The monoisotopic (exact) mass is 401 g/mol. The Morgan fingerprint density at radius 2 is 2.14 bits per heavy atom. The summed E-state index contributed by atoms with van der Waals surface area (Å²) in [6.07, 6.45) is -3.30. The Balaban J connectivity index is 1.77. The Kier molecular flexibility index (Phi) is 4.52. The minimum atomic E-state index is -4.55. The van der Waals surface area contributed by atoms with Crippen molar-refractivity contribution in [2.45, 2.75) is 44.2 Å². The fourth-order valence-corrected chi connectivity index (χ4v) is 3.83. The number of nitrogens with zero attached hydrogens (tertiary/aromatic N) is 5. The fraction of sp³-hybridized carbons (Fsp3) is 0.706. The van der Waals surface area contributed by atoms with E-state index in [4.69, 9.17) is 9.47 Å². The summed E-state index contributed by atoms with van der Waals surface area (Å²) in [5.41, 5.74) is -2.75. The number of aromatic nitrogens is 2. The van der Waals surface area contributed by atoms with Gasteiger partial charge in [0, 0.05) is 19.2 Å². The zero-order valence-electron chi connectivity index (χ0n) is 15.6. The highest BCUT2D eigenvalue weighted by Gasteiger charge is 2.60. The van der Waals surface area contributed by atoms with Crippen LogP contribution in [0.2, 0.25) is 0 Å². The summed E-state index contributed by atoms with van der Waals surface area (Å²) < 4.78 is 53.6. The zero-order chi connectivity index (χ0) is 20.1. The zero-order valence-corrected chi connectivity index (χ0v) is 15.6. The Labute approximate surface area is 159 Å². The summed E-state index contributed by atoms with van der Waals surface area (Å²) in [6, 6.07) is 0.833. The third-order valence-electron chi connectivity index (χ3n) is 5.58. The molecular formula is C17H22F3N5O3. The molecular weight excluding hydrogens is 379 g/mol. The highest BCUT2D eigenvalue weighted by molar-refractivity contribution is 5.52. The topological polar surface area (TPSA) is 72.2 Å². The van der Waals surface area contributed by atoms with Gasteiger partial charge in [-0.1, -0.05) is 0 Å². The van der Waals surface area contributed by atoms with Gasteiger partial charge in [0.1, 0.15) is 18.5 Å². The van der Waals surface area contributed by atoms with Crippen LogP contribution < -0.4 is 15.4 Å². The van der Waals surface area contributed by atoms with Crippen molar-refractivity contribution in [3.05, 3.63) is 16.4 Å². The number of anilines is 2. The molecule has 0 radical (unpaired) electrons. The third kappa shape index (κ3) is 3.01. The molecule has 3 atom stereocenters. The van der Waals surface area contributed by atoms with Crippen LogP contribution in [-0.4, -0.2) is 72.7 Å². The van der Waals surface area contributed by atoms with E-state index in [1.165, 1.54) is 12.5 Å². The van der Waals surface area contributed by atoms with Crippen molar-refractivity contribution in [2.75, 3.05) is 42.7 Å². The van der Waals surface area contributed by atoms with Crippen LogP contribution >= 0.6 is 0 Å². The molecule has 0 saturated carbocycles. The molecule has 1 aromatic heterocycles. The average Bonchev–Trinajstić information content (AvgIpc) is 3.23. The van der Waals surface area contributed by atoms with Gasteiger partial charge >= 0.3 is 6.18 Å². The van der Waals surface area contributed by atoms with Crippen molar-refractivity contribution < 1.29 is 22.6 Å². The lowest BCUT2D eigenvalue weighted by Gasteiger charge is -2.38. The van der Waals surface area contributed by atoms with E-state index in [9.17, 15) is 18.0 Å². The number of ether oxygens (including phenoxy) is 2. The fourth-order valence-electron chi connectivity index (χ4n) is 3.83. The maximum Gasteiger partial charge on any atom is 0.413 e. The van der Waals surface area contributed by atoms with Crippen LogP contribution in [0.4, 0.5) is 24.9 Å². The summed E-state index contributed by atoms with van der Waals surface area (Å²) in [7, 11) is 0. The van der Waals surface area contributed by atoms with Gasteiger partial charge in [0.05, 0.1) is 25.8 Å². The molecule has 1 saturated heterocycles. The molecule has 4 heterocycles. The SMILES string of the molecule is C[C@@H]1COCCN1c1cc(=O)n2c(n1)N(CC1COC=N1)[C@](C)(C(F)(F)F)C2. The van der Waals surface area contributed by atoms with Crippen LogP contribution in [0.25, 0.3) is 0 Å². The minimum Gasteiger partial charge on any atom is -0.481 e. The highest BCUT2D eigenvalue weighted by atomic mass is 19.4. The van der Waals surface area contributed by atoms with E-state index in [2.05, 4.69) is 9.98 Å². The standard InChI is InChI=1S/C17H22F3N5O3/c1-11-7-27-4-3-23(11)13-5-14(26)24-9-16(2,17(18,19)20)25(15(24)22-13)6-12-8-28-10-21-12/h5,10-12H,3-4,6-9H2,1-2H3/t11-,12?,16+/m1/s1. The van der Waals surface area contributed by atoms with Crippen molar-refractivity contribution in [1.82, 2.24) is 9.55 Å². The van der Waals surface area contributed by atoms with E-state index >= 15 is 0 Å². The molecule has 0 amide bonds. The van der Waals surface area contributed by atoms with Crippen LogP contribution in [0.3, 0.4) is 0 Å². The van der Waals surface area contributed by atoms with E-state index in [0.29, 0.717) is 25.6 Å². The van der Waals surface area contributed by atoms with E-state index in [0.717, 1.165) is 16.4 Å². The van der Waals surface area contributed by atoms with E-state index in [-0.39, 0.29) is 25.1 Å². The van der Waals surface area contributed by atoms with Gasteiger partial charge in [0.25, 0.3) is 5.56 Å². The molecule has 0 spiro atoms. The first-order chi connectivity index (χ1) is 13.2. The maximum absolute atomic E-state index is 14.0. The Bertz CT molecular complexity index is 842. The number of alkyl halides is 3. The van der Waals surface area contributed by atoms with Gasteiger partial charge in [-0.05, 0) is 13.8 Å². The Morgan fingerprint density at radius 1 is 1.36 bits per heavy atom. The molecule has 0 bridgehead atoms. The third-order valence-corrected chi connectivity index (χ3v) is 5.58. The number of hydrogen-bond acceptors (Lipinski definition) is 7. The highest BCUT2D eigenvalue weighted by Crippen LogP contribution is 2.43. The smallest absolute Gasteiger partial charge is 0.413 e. The quantitative estimate of drug-likeness (QED) is 0.754. The maximum atomic E-state index is 14.0. The molecule has 0 aromatic carbocycles. The first-order valence-electron chi connectivity index (χ1n) is 9.14. The van der Waals surface area contributed by atoms with Gasteiger partial charge in [-0.3, -0.25) is 9.36 Å². The summed E-state index contributed by atoms with van der Waals surface area (Å²) in [4.78, 5) is 24.3. The number of halogens is 3. The molecule has 1 aromatic rings. The summed E-state index contributed by atoms with van der Waals surface area (Å²) in [5.74, 6) is 0.387. The van der Waals surface area contributed by atoms with Gasteiger partial charge in [-0.25, -0.2) is 4.99 Å². The van der Waals surface area contributed by atoms with Crippen molar-refractivity contribution >= 4 is 18.2 Å². The van der Waals surface area contributed by atoms with Gasteiger partial charge < -0.3 is 19.3 Å². The number of aliphatic imine (C=N–C) groups is 1. The predicted molar refractivity (Wildman–Crippen MR) is 96.2 cm³/mol. The largest absolute Gasteiger partial charge is 0.481 e. The van der Waals surface area contributed by atoms with Crippen molar-refractivity contribution in [3.8, 4) is 0 Å². The summed E-state index contributed by atoms with van der Waals surface area (Å²) in [6.45, 7) is 4.14. The van der Waals surface area contributed by atoms with Gasteiger partial charge in [0.15, 0.2) is 11.9 Å². The number of hydrogen-bond donors (Lipinski definition) is 0. The van der Waals surface area contributed by atoms with Crippen LogP contribution in [0.15, 0.2) is 15.9 Å². The molecule has 1 fully saturated rings. The molecule has 28 heavy (non-hydrogen) atoms. The first kappa shape index (κ1) is 19.0. The van der Waals surface area contributed by atoms with Gasteiger partial charge in [-0.15, -0.1) is 0 Å². The molecule has 4 rings (SSSR count). The normalized spacial score (nSPS) is 29.9. The van der Waals surface area contributed by atoms with E-state index < -0.39 is 29.9 Å². The average molecular weight is 401 g/mol. The molecule has 11 heteroatoms. The molecule has 154 valence electrons. The lowest BCUT2D eigenvalue weighted by atomic mass is 10.0. The van der Waals surface area contributed by atoms with Crippen molar-refractivity contribution in [1.29, 1.82) is 0 Å². The molecule has 3 aliphatic heterocycles. The molecule has 0 N–H and O–H groups in total. The Hall–Kier alpha value is -2.30. The second kappa shape index (κ2) is 6.64. The van der Waals surface area contributed by atoms with Crippen molar-refractivity contribution in [3.63, 3.8) is 0 Å². The lowest BCUT2D eigenvalue weighted by molar-refractivity contribution is -0.182. The molecule has 3 aliphatic rings. The molecule has 1 unspecified atom stereocenters. The predicted octanol–water partition coefficient (Wildman–Crippen LogP) is 1.04. The van der Waals surface area contributed by atoms with Gasteiger partial charge in [-0.2, -0.15) is 18.2 Å². The summed E-state index contributed by atoms with van der Waals surface area (Å²) >= 11 is 0. The van der Waals surface area contributed by atoms with Gasteiger partial charge in [0.2, 0.25) is 5.95 Å². The second-order valence-corrected chi connectivity index (χ2v) is 7.58. The van der Waals surface area contributed by atoms with E-state index in [1.54, 1.807) is 0 Å². The number of rotatable bonds is 3. The number of fused-ring (bicyclic) bond motifs is 1. The van der Waals surface area contributed by atoms with E-state index in [1.807, 2.05) is 11.8 Å². The molecule has 0 aliphatic carbocycles. The Morgan fingerprint density at radius 3 is 2.79 bits per heavy atom. The van der Waals surface area contributed by atoms with Crippen LogP contribution in [0.1, 0.15) is 13.8 Å². The first-order valence-corrected chi connectivity index (χ1v) is 9.14. The second-order valence-electron chi connectivity index (χ2n) is 7.58. The molecule has 8 nitrogen and oxygen atoms in total. The van der Waals surface area contributed by atoms with Crippen LogP contribution in [-0.2, 0) is 16.0 Å². The minimum absolute atomic E-state index is 0.0168.